The maximum absolute atomic E-state index is 12.7. The Balaban J connectivity index is 2.08. The Bertz CT molecular complexity index is 615. The number of allylic oxidation sites excluding steroid dienone is 2. The zero-order valence-electron chi connectivity index (χ0n) is 11.4. The van der Waals surface area contributed by atoms with Crippen LogP contribution in [0.3, 0.4) is 0 Å². The molecule has 2 nitrogen and oxygen atoms in total. The predicted molar refractivity (Wildman–Crippen MR) is 70.6 cm³/mol. The molecular formula is C16H15F3O2. The summed E-state index contributed by atoms with van der Waals surface area (Å²) in [6.07, 6.45) is -2.57. The van der Waals surface area contributed by atoms with Crippen molar-refractivity contribution in [2.75, 3.05) is 0 Å². The quantitative estimate of drug-likeness (QED) is 0.864. The summed E-state index contributed by atoms with van der Waals surface area (Å²) in [5.74, 6) is -0.313. The SMILES string of the molecule is CC1=CC(=O)[C@]2(c3ccc(C(F)(F)F)cc3)[C@H](O)CC[C@H]12. The van der Waals surface area contributed by atoms with E-state index in [0.29, 0.717) is 18.4 Å². The molecule has 2 aliphatic carbocycles. The monoisotopic (exact) mass is 296 g/mol. The van der Waals surface area contributed by atoms with E-state index in [-0.39, 0.29) is 11.7 Å². The summed E-state index contributed by atoms with van der Waals surface area (Å²) in [7, 11) is 0. The lowest BCUT2D eigenvalue weighted by molar-refractivity contribution is -0.137. The van der Waals surface area contributed by atoms with E-state index in [4.69, 9.17) is 0 Å². The molecule has 2 aliphatic rings. The summed E-state index contributed by atoms with van der Waals surface area (Å²) < 4.78 is 38.0. The zero-order valence-corrected chi connectivity index (χ0v) is 11.4. The first-order valence-corrected chi connectivity index (χ1v) is 6.86. The number of benzene rings is 1. The van der Waals surface area contributed by atoms with Crippen LogP contribution in [0.5, 0.6) is 0 Å². The molecule has 21 heavy (non-hydrogen) atoms. The summed E-state index contributed by atoms with van der Waals surface area (Å²) in [5.41, 5.74) is -0.462. The zero-order chi connectivity index (χ0) is 15.4. The van der Waals surface area contributed by atoms with Gasteiger partial charge in [-0.05, 0) is 49.5 Å². The van der Waals surface area contributed by atoms with Crippen molar-refractivity contribution < 1.29 is 23.1 Å². The number of fused-ring (bicyclic) bond motifs is 1. The van der Waals surface area contributed by atoms with Gasteiger partial charge in [-0.1, -0.05) is 17.7 Å². The van der Waals surface area contributed by atoms with Crippen molar-refractivity contribution >= 4 is 5.78 Å². The minimum absolute atomic E-state index is 0.114. The van der Waals surface area contributed by atoms with Crippen molar-refractivity contribution in [3.63, 3.8) is 0 Å². The summed E-state index contributed by atoms with van der Waals surface area (Å²) in [5, 5.41) is 10.3. The number of ketones is 1. The number of hydrogen-bond acceptors (Lipinski definition) is 2. The molecular weight excluding hydrogens is 281 g/mol. The van der Waals surface area contributed by atoms with E-state index in [1.165, 1.54) is 18.2 Å². The molecule has 1 fully saturated rings. The van der Waals surface area contributed by atoms with Gasteiger partial charge in [-0.2, -0.15) is 13.2 Å². The lowest BCUT2D eigenvalue weighted by Crippen LogP contribution is -2.44. The highest BCUT2D eigenvalue weighted by atomic mass is 19.4. The normalized spacial score (nSPS) is 32.2. The standard InChI is InChI=1S/C16H15F3O2/c1-9-8-14(21)15(12(9)6-7-13(15)20)10-2-4-11(5-3-10)16(17,18)19/h2-5,8,12-13,20H,6-7H2,1H3/t12-,13-,15+/m1/s1. The second kappa shape index (κ2) is 4.44. The van der Waals surface area contributed by atoms with Crippen LogP contribution in [0.25, 0.3) is 0 Å². The van der Waals surface area contributed by atoms with Crippen molar-refractivity contribution in [2.24, 2.45) is 5.92 Å². The lowest BCUT2D eigenvalue weighted by atomic mass is 9.70. The Labute approximate surface area is 120 Å². The molecule has 0 unspecified atom stereocenters. The van der Waals surface area contributed by atoms with E-state index < -0.39 is 23.3 Å². The van der Waals surface area contributed by atoms with Crippen LogP contribution in [-0.4, -0.2) is 17.0 Å². The third-order valence-electron chi connectivity index (χ3n) is 4.81. The van der Waals surface area contributed by atoms with Gasteiger partial charge in [0.05, 0.1) is 17.1 Å². The van der Waals surface area contributed by atoms with Crippen molar-refractivity contribution in [1.82, 2.24) is 0 Å². The molecule has 0 aliphatic heterocycles. The average Bonchev–Trinajstić information content (AvgIpc) is 2.88. The molecule has 3 rings (SSSR count). The Hall–Kier alpha value is -1.62. The highest BCUT2D eigenvalue weighted by Crippen LogP contribution is 2.53. The number of carbonyl (C=O) groups is 1. The molecule has 1 aromatic carbocycles. The van der Waals surface area contributed by atoms with Gasteiger partial charge in [0.1, 0.15) is 0 Å². The second-order valence-corrected chi connectivity index (χ2v) is 5.84. The lowest BCUT2D eigenvalue weighted by Gasteiger charge is -2.33. The number of aliphatic hydroxyl groups excluding tert-OH is 1. The Morgan fingerprint density at radius 2 is 1.81 bits per heavy atom. The van der Waals surface area contributed by atoms with Gasteiger partial charge in [0.2, 0.25) is 0 Å². The Kier molecular flexibility index (Phi) is 3.03. The number of alkyl halides is 3. The maximum Gasteiger partial charge on any atom is 0.416 e. The van der Waals surface area contributed by atoms with Crippen molar-refractivity contribution in [2.45, 2.75) is 37.5 Å². The van der Waals surface area contributed by atoms with Crippen LogP contribution in [-0.2, 0) is 16.4 Å². The van der Waals surface area contributed by atoms with Crippen molar-refractivity contribution in [1.29, 1.82) is 0 Å². The molecule has 0 aromatic heterocycles. The molecule has 0 amide bonds. The molecule has 0 heterocycles. The molecule has 0 saturated heterocycles. The summed E-state index contributed by atoms with van der Waals surface area (Å²) in [4.78, 5) is 12.4. The van der Waals surface area contributed by atoms with E-state index in [1.54, 1.807) is 0 Å². The van der Waals surface area contributed by atoms with Gasteiger partial charge >= 0.3 is 6.18 Å². The summed E-state index contributed by atoms with van der Waals surface area (Å²) >= 11 is 0. The summed E-state index contributed by atoms with van der Waals surface area (Å²) in [6.45, 7) is 1.84. The third-order valence-corrected chi connectivity index (χ3v) is 4.81. The van der Waals surface area contributed by atoms with Crippen LogP contribution in [0.1, 0.15) is 30.9 Å². The smallest absolute Gasteiger partial charge is 0.392 e. The first kappa shape index (κ1) is 14.3. The fourth-order valence-corrected chi connectivity index (χ4v) is 3.83. The van der Waals surface area contributed by atoms with Crippen LogP contribution >= 0.6 is 0 Å². The number of hydrogen-bond donors (Lipinski definition) is 1. The molecule has 112 valence electrons. The third kappa shape index (κ3) is 1.87. The first-order valence-electron chi connectivity index (χ1n) is 6.86. The maximum atomic E-state index is 12.7. The van der Waals surface area contributed by atoms with Gasteiger partial charge in [-0.3, -0.25) is 4.79 Å². The van der Waals surface area contributed by atoms with Gasteiger partial charge in [0.25, 0.3) is 0 Å². The second-order valence-electron chi connectivity index (χ2n) is 5.84. The topological polar surface area (TPSA) is 37.3 Å². The van der Waals surface area contributed by atoms with Crippen molar-refractivity contribution in [3.8, 4) is 0 Å². The van der Waals surface area contributed by atoms with Crippen LogP contribution in [0, 0.1) is 5.92 Å². The summed E-state index contributed by atoms with van der Waals surface area (Å²) in [6, 6.07) is 4.61. The molecule has 1 N–H and O–H groups in total. The predicted octanol–water partition coefficient (Wildman–Crippen LogP) is 3.24. The first-order chi connectivity index (χ1) is 9.77. The molecule has 0 radical (unpaired) electrons. The molecule has 1 saturated carbocycles. The highest BCUT2D eigenvalue weighted by Gasteiger charge is 2.58. The van der Waals surface area contributed by atoms with E-state index in [0.717, 1.165) is 17.7 Å². The van der Waals surface area contributed by atoms with E-state index in [9.17, 15) is 23.1 Å². The largest absolute Gasteiger partial charge is 0.416 e. The molecule has 3 atom stereocenters. The van der Waals surface area contributed by atoms with E-state index in [2.05, 4.69) is 0 Å². The fraction of sp³-hybridized carbons (Fsp3) is 0.438. The molecule has 1 aromatic rings. The van der Waals surface area contributed by atoms with Gasteiger partial charge in [0, 0.05) is 0 Å². The van der Waals surface area contributed by atoms with Gasteiger partial charge < -0.3 is 5.11 Å². The van der Waals surface area contributed by atoms with Crippen molar-refractivity contribution in [3.05, 3.63) is 47.0 Å². The molecule has 5 heteroatoms. The molecule has 0 spiro atoms. The minimum atomic E-state index is -4.41. The number of halogens is 3. The number of rotatable bonds is 1. The highest BCUT2D eigenvalue weighted by molar-refractivity contribution is 6.04. The fourth-order valence-electron chi connectivity index (χ4n) is 3.83. The Morgan fingerprint density at radius 3 is 2.38 bits per heavy atom. The van der Waals surface area contributed by atoms with Crippen LogP contribution in [0.15, 0.2) is 35.9 Å². The number of carbonyl (C=O) groups excluding carboxylic acids is 1. The molecule has 0 bridgehead atoms. The van der Waals surface area contributed by atoms with Gasteiger partial charge in [-0.15, -0.1) is 0 Å². The van der Waals surface area contributed by atoms with Gasteiger partial charge in [0.15, 0.2) is 5.78 Å². The minimum Gasteiger partial charge on any atom is -0.392 e. The van der Waals surface area contributed by atoms with Crippen LogP contribution in [0.4, 0.5) is 13.2 Å². The number of aliphatic hydroxyl groups is 1. The van der Waals surface area contributed by atoms with Crippen LogP contribution in [0.2, 0.25) is 0 Å². The van der Waals surface area contributed by atoms with E-state index in [1.807, 2.05) is 6.92 Å². The average molecular weight is 296 g/mol. The van der Waals surface area contributed by atoms with E-state index >= 15 is 0 Å². The van der Waals surface area contributed by atoms with Gasteiger partial charge in [-0.25, -0.2) is 0 Å². The Morgan fingerprint density at radius 1 is 1.19 bits per heavy atom. The van der Waals surface area contributed by atoms with Crippen LogP contribution < -0.4 is 0 Å².